The van der Waals surface area contributed by atoms with Crippen LogP contribution in [0.25, 0.3) is 11.0 Å². The van der Waals surface area contributed by atoms with Crippen molar-refractivity contribution in [2.45, 2.75) is 27.1 Å². The second-order valence-electron chi connectivity index (χ2n) is 6.20. The largest absolute Gasteiger partial charge is 0.496 e. The number of carbonyl (C=O) groups excluding carboxylic acids is 2. The molecule has 0 N–H and O–H groups in total. The first-order chi connectivity index (χ1) is 13.5. The highest BCUT2D eigenvalue weighted by Gasteiger charge is 2.22. The van der Waals surface area contributed by atoms with Gasteiger partial charge >= 0.3 is 5.97 Å². The molecule has 0 amide bonds. The van der Waals surface area contributed by atoms with Crippen LogP contribution in [-0.4, -0.2) is 25.5 Å². The number of methoxy groups -OCH3 is 1. The summed E-state index contributed by atoms with van der Waals surface area (Å²) in [5.74, 6) is -0.0130. The van der Waals surface area contributed by atoms with Gasteiger partial charge in [-0.3, -0.25) is 4.79 Å². The molecule has 0 saturated heterocycles. The summed E-state index contributed by atoms with van der Waals surface area (Å²) in [4.78, 5) is 24.3. The van der Waals surface area contributed by atoms with Gasteiger partial charge in [-0.2, -0.15) is 0 Å². The van der Waals surface area contributed by atoms with E-state index < -0.39 is 5.97 Å². The first-order valence-corrected chi connectivity index (χ1v) is 8.98. The molecule has 0 spiro atoms. The molecule has 0 radical (unpaired) electrons. The summed E-state index contributed by atoms with van der Waals surface area (Å²) in [6.07, 6.45) is 0. The van der Waals surface area contributed by atoms with Gasteiger partial charge < -0.3 is 18.6 Å². The van der Waals surface area contributed by atoms with Crippen LogP contribution in [0.5, 0.6) is 5.75 Å². The number of hydrogen-bond acceptors (Lipinski definition) is 6. The fraction of sp³-hybridized carbons (Fsp3) is 0.273. The highest BCUT2D eigenvalue weighted by molar-refractivity contribution is 5.96. The van der Waals surface area contributed by atoms with Gasteiger partial charge in [-0.25, -0.2) is 4.79 Å². The second kappa shape index (κ2) is 8.71. The summed E-state index contributed by atoms with van der Waals surface area (Å²) in [5.41, 5.74) is 2.38. The van der Waals surface area contributed by atoms with E-state index >= 15 is 0 Å². The number of benzene rings is 2. The Kier molecular flexibility index (Phi) is 6.11. The number of carbonyl (C=O) groups is 2. The van der Waals surface area contributed by atoms with Crippen LogP contribution in [-0.2, 0) is 22.7 Å². The van der Waals surface area contributed by atoms with E-state index in [1.54, 1.807) is 24.3 Å². The number of rotatable bonds is 8. The first-order valence-electron chi connectivity index (χ1n) is 8.98. The monoisotopic (exact) mass is 382 g/mol. The molecule has 146 valence electrons. The van der Waals surface area contributed by atoms with Crippen LogP contribution in [0.15, 0.2) is 46.9 Å². The SMILES string of the molecule is CCOCc1c(C(=O)OCc2cc(C(C)=O)ccc2OC)oc2ccccc12. The van der Waals surface area contributed by atoms with Gasteiger partial charge in [0, 0.05) is 28.7 Å². The van der Waals surface area contributed by atoms with E-state index in [-0.39, 0.29) is 24.8 Å². The Morgan fingerprint density at radius 3 is 2.57 bits per heavy atom. The molecule has 1 heterocycles. The van der Waals surface area contributed by atoms with Crippen LogP contribution in [0.1, 0.15) is 45.9 Å². The average molecular weight is 382 g/mol. The lowest BCUT2D eigenvalue weighted by Crippen LogP contribution is -2.09. The molecule has 0 aliphatic heterocycles. The van der Waals surface area contributed by atoms with E-state index in [2.05, 4.69) is 0 Å². The minimum atomic E-state index is -0.596. The minimum Gasteiger partial charge on any atom is -0.496 e. The fourth-order valence-corrected chi connectivity index (χ4v) is 2.93. The summed E-state index contributed by atoms with van der Waals surface area (Å²) >= 11 is 0. The maximum atomic E-state index is 12.7. The summed E-state index contributed by atoms with van der Waals surface area (Å²) in [5, 5.41) is 0.819. The lowest BCUT2D eigenvalue weighted by atomic mass is 10.1. The Labute approximate surface area is 163 Å². The molecular formula is C22H22O6. The van der Waals surface area contributed by atoms with Gasteiger partial charge in [0.1, 0.15) is 17.9 Å². The predicted octanol–water partition coefficient (Wildman–Crippen LogP) is 4.54. The minimum absolute atomic E-state index is 0.0474. The van der Waals surface area contributed by atoms with Crippen molar-refractivity contribution in [3.05, 3.63) is 64.9 Å². The zero-order valence-electron chi connectivity index (χ0n) is 16.1. The standard InChI is InChI=1S/C22H22O6/c1-4-26-13-18-17-7-5-6-8-20(17)28-21(18)22(24)27-12-16-11-15(14(2)23)9-10-19(16)25-3/h5-11H,4,12-13H2,1-3H3. The van der Waals surface area contributed by atoms with Gasteiger partial charge in [0.15, 0.2) is 5.78 Å². The van der Waals surface area contributed by atoms with Crippen molar-refractivity contribution in [2.75, 3.05) is 13.7 Å². The van der Waals surface area contributed by atoms with Crippen molar-refractivity contribution >= 4 is 22.7 Å². The van der Waals surface area contributed by atoms with Gasteiger partial charge in [0.25, 0.3) is 0 Å². The van der Waals surface area contributed by atoms with E-state index in [0.29, 0.717) is 34.6 Å². The Bertz CT molecular complexity index is 1000. The van der Waals surface area contributed by atoms with Gasteiger partial charge in [-0.1, -0.05) is 18.2 Å². The lowest BCUT2D eigenvalue weighted by Gasteiger charge is -2.10. The Hall–Kier alpha value is -3.12. The summed E-state index contributed by atoms with van der Waals surface area (Å²) in [6, 6.07) is 12.4. The van der Waals surface area contributed by atoms with E-state index in [1.807, 2.05) is 25.1 Å². The molecule has 1 aromatic heterocycles. The van der Waals surface area contributed by atoms with E-state index in [4.69, 9.17) is 18.6 Å². The number of Topliss-reactive ketones (excluding diaryl/α,β-unsaturated/α-hetero) is 1. The molecule has 0 aliphatic carbocycles. The highest BCUT2D eigenvalue weighted by atomic mass is 16.5. The maximum Gasteiger partial charge on any atom is 0.374 e. The Morgan fingerprint density at radius 1 is 1.07 bits per heavy atom. The first kappa shape index (κ1) is 19.6. The van der Waals surface area contributed by atoms with Crippen molar-refractivity contribution in [1.29, 1.82) is 0 Å². The van der Waals surface area contributed by atoms with Crippen LogP contribution in [0.3, 0.4) is 0 Å². The van der Waals surface area contributed by atoms with E-state index in [0.717, 1.165) is 5.39 Å². The van der Waals surface area contributed by atoms with Crippen molar-refractivity contribution in [3.8, 4) is 5.75 Å². The molecule has 6 nitrogen and oxygen atoms in total. The smallest absolute Gasteiger partial charge is 0.374 e. The number of ether oxygens (including phenoxy) is 3. The summed E-state index contributed by atoms with van der Waals surface area (Å²) in [7, 11) is 1.52. The molecule has 3 aromatic rings. The quantitative estimate of drug-likeness (QED) is 0.421. The number of fused-ring (bicyclic) bond motifs is 1. The van der Waals surface area contributed by atoms with Crippen LogP contribution in [0, 0.1) is 0 Å². The van der Waals surface area contributed by atoms with Gasteiger partial charge in [-0.05, 0) is 38.1 Å². The number of hydrogen-bond donors (Lipinski definition) is 0. The third-order valence-corrected chi connectivity index (χ3v) is 4.38. The molecular weight excluding hydrogens is 360 g/mol. The van der Waals surface area contributed by atoms with E-state index in [1.165, 1.54) is 14.0 Å². The third-order valence-electron chi connectivity index (χ3n) is 4.38. The molecule has 0 saturated carbocycles. The van der Waals surface area contributed by atoms with Gasteiger partial charge in [0.2, 0.25) is 5.76 Å². The number of furan rings is 1. The van der Waals surface area contributed by atoms with Crippen molar-refractivity contribution in [2.24, 2.45) is 0 Å². The Balaban J connectivity index is 1.86. The molecule has 0 atom stereocenters. The molecule has 0 aliphatic rings. The predicted molar refractivity (Wildman–Crippen MR) is 104 cm³/mol. The molecule has 0 unspecified atom stereocenters. The van der Waals surface area contributed by atoms with Crippen molar-refractivity contribution < 1.29 is 28.2 Å². The summed E-state index contributed by atoms with van der Waals surface area (Å²) < 4.78 is 22.0. The topological polar surface area (TPSA) is 75.0 Å². The lowest BCUT2D eigenvalue weighted by molar-refractivity contribution is 0.0427. The van der Waals surface area contributed by atoms with Gasteiger partial charge in [-0.15, -0.1) is 0 Å². The van der Waals surface area contributed by atoms with Crippen LogP contribution in [0.2, 0.25) is 0 Å². The number of ketones is 1. The zero-order chi connectivity index (χ0) is 20.1. The third kappa shape index (κ3) is 4.07. The van der Waals surface area contributed by atoms with Crippen LogP contribution < -0.4 is 4.74 Å². The van der Waals surface area contributed by atoms with Crippen molar-refractivity contribution in [1.82, 2.24) is 0 Å². The van der Waals surface area contributed by atoms with Crippen LogP contribution >= 0.6 is 0 Å². The molecule has 3 rings (SSSR count). The number of esters is 1. The van der Waals surface area contributed by atoms with Crippen molar-refractivity contribution in [3.63, 3.8) is 0 Å². The van der Waals surface area contributed by atoms with Crippen LogP contribution in [0.4, 0.5) is 0 Å². The second-order valence-corrected chi connectivity index (χ2v) is 6.20. The highest BCUT2D eigenvalue weighted by Crippen LogP contribution is 2.28. The van der Waals surface area contributed by atoms with Gasteiger partial charge in [0.05, 0.1) is 13.7 Å². The van der Waals surface area contributed by atoms with E-state index in [9.17, 15) is 9.59 Å². The average Bonchev–Trinajstić information content (AvgIpc) is 3.08. The molecule has 2 aromatic carbocycles. The molecule has 28 heavy (non-hydrogen) atoms. The molecule has 0 fully saturated rings. The molecule has 6 heteroatoms. The number of para-hydroxylation sites is 1. The Morgan fingerprint density at radius 2 is 1.86 bits per heavy atom. The molecule has 0 bridgehead atoms. The maximum absolute atomic E-state index is 12.7. The summed E-state index contributed by atoms with van der Waals surface area (Å²) in [6.45, 7) is 4.08. The fourth-order valence-electron chi connectivity index (χ4n) is 2.93. The zero-order valence-corrected chi connectivity index (χ0v) is 16.1. The normalized spacial score (nSPS) is 10.8.